The van der Waals surface area contributed by atoms with E-state index >= 15 is 0 Å². The summed E-state index contributed by atoms with van der Waals surface area (Å²) in [5.74, 6) is 0.0977. The van der Waals surface area contributed by atoms with Crippen molar-refractivity contribution in [2.45, 2.75) is 27.2 Å². The first kappa shape index (κ1) is 19.4. The molecule has 3 rings (SSSR count). The average Bonchev–Trinajstić information content (AvgIpc) is 2.93. The normalized spacial score (nSPS) is 19.8. The Bertz CT molecular complexity index is 824. The standard InChI is InChI=1S/C20H24ClN3O3/c1-13-9-14(2)11-23(10-13)17(25)12-27-20(26)18-15(3)22-24(19(18)21)16-7-5-4-6-8-16/h4-8,13-14H,9-12H2,1-3H3/t13-,14-/m1/s1. The van der Waals surface area contributed by atoms with Crippen LogP contribution in [-0.2, 0) is 9.53 Å². The van der Waals surface area contributed by atoms with Crippen LogP contribution in [0.25, 0.3) is 5.69 Å². The van der Waals surface area contributed by atoms with Gasteiger partial charge in [0.2, 0.25) is 0 Å². The number of amides is 1. The van der Waals surface area contributed by atoms with Crippen LogP contribution in [0.5, 0.6) is 0 Å². The minimum Gasteiger partial charge on any atom is -0.452 e. The average molecular weight is 390 g/mol. The van der Waals surface area contributed by atoms with Gasteiger partial charge in [0, 0.05) is 13.1 Å². The van der Waals surface area contributed by atoms with E-state index in [4.69, 9.17) is 16.3 Å². The molecule has 0 unspecified atom stereocenters. The van der Waals surface area contributed by atoms with Crippen LogP contribution in [0.1, 0.15) is 36.3 Å². The number of nitrogens with zero attached hydrogens (tertiary/aromatic N) is 3. The predicted octanol–water partition coefficient (Wildman–Crippen LogP) is 3.50. The third-order valence-corrected chi connectivity index (χ3v) is 5.11. The number of hydrogen-bond donors (Lipinski definition) is 0. The minimum absolute atomic E-state index is 0.175. The van der Waals surface area contributed by atoms with Gasteiger partial charge < -0.3 is 9.64 Å². The molecule has 0 bridgehead atoms. The molecule has 1 aliphatic rings. The Morgan fingerprint density at radius 2 is 1.81 bits per heavy atom. The molecule has 7 heteroatoms. The number of aryl methyl sites for hydroxylation is 1. The molecule has 1 amide bonds. The fourth-order valence-corrected chi connectivity index (χ4v) is 3.98. The summed E-state index contributed by atoms with van der Waals surface area (Å²) in [5, 5.41) is 4.50. The quantitative estimate of drug-likeness (QED) is 0.751. The highest BCUT2D eigenvalue weighted by molar-refractivity contribution is 6.33. The number of carbonyl (C=O) groups is 2. The largest absolute Gasteiger partial charge is 0.452 e. The molecule has 1 aliphatic heterocycles. The molecular weight excluding hydrogens is 366 g/mol. The first-order valence-electron chi connectivity index (χ1n) is 9.12. The molecule has 2 atom stereocenters. The maximum atomic E-state index is 12.5. The molecule has 0 spiro atoms. The van der Waals surface area contributed by atoms with Crippen molar-refractivity contribution in [2.24, 2.45) is 11.8 Å². The molecular formula is C20H24ClN3O3. The first-order valence-corrected chi connectivity index (χ1v) is 9.50. The molecule has 144 valence electrons. The molecule has 0 aliphatic carbocycles. The van der Waals surface area contributed by atoms with Crippen molar-refractivity contribution < 1.29 is 14.3 Å². The van der Waals surface area contributed by atoms with Gasteiger partial charge in [0.1, 0.15) is 10.7 Å². The fraction of sp³-hybridized carbons (Fsp3) is 0.450. The third kappa shape index (κ3) is 4.33. The molecule has 0 radical (unpaired) electrons. The van der Waals surface area contributed by atoms with Crippen molar-refractivity contribution in [3.63, 3.8) is 0 Å². The van der Waals surface area contributed by atoms with Crippen molar-refractivity contribution in [3.05, 3.63) is 46.7 Å². The lowest BCUT2D eigenvalue weighted by atomic mass is 9.92. The first-order chi connectivity index (χ1) is 12.9. The lowest BCUT2D eigenvalue weighted by Crippen LogP contribution is -2.44. The molecule has 2 aromatic rings. The zero-order valence-corrected chi connectivity index (χ0v) is 16.6. The summed E-state index contributed by atoms with van der Waals surface area (Å²) in [4.78, 5) is 26.7. The van der Waals surface area contributed by atoms with Crippen molar-refractivity contribution in [3.8, 4) is 5.69 Å². The Hall–Kier alpha value is -2.34. The maximum Gasteiger partial charge on any atom is 0.343 e. The van der Waals surface area contributed by atoms with Gasteiger partial charge in [-0.25, -0.2) is 9.48 Å². The molecule has 0 N–H and O–H groups in total. The van der Waals surface area contributed by atoms with E-state index in [-0.39, 0.29) is 23.2 Å². The van der Waals surface area contributed by atoms with Crippen molar-refractivity contribution in [1.82, 2.24) is 14.7 Å². The fourth-order valence-electron chi connectivity index (χ4n) is 3.63. The molecule has 27 heavy (non-hydrogen) atoms. The number of carbonyl (C=O) groups excluding carboxylic acids is 2. The lowest BCUT2D eigenvalue weighted by Gasteiger charge is -2.34. The smallest absolute Gasteiger partial charge is 0.343 e. The van der Waals surface area contributed by atoms with Crippen LogP contribution in [-0.4, -0.2) is 46.3 Å². The zero-order valence-electron chi connectivity index (χ0n) is 15.8. The number of ether oxygens (including phenoxy) is 1. The highest BCUT2D eigenvalue weighted by Crippen LogP contribution is 2.25. The maximum absolute atomic E-state index is 12.5. The molecule has 1 fully saturated rings. The summed E-state index contributed by atoms with van der Waals surface area (Å²) in [6.07, 6.45) is 1.11. The van der Waals surface area contributed by atoms with Crippen LogP contribution in [0.3, 0.4) is 0 Å². The van der Waals surface area contributed by atoms with Gasteiger partial charge in [-0.1, -0.05) is 43.6 Å². The minimum atomic E-state index is -0.633. The zero-order chi connectivity index (χ0) is 19.6. The van der Waals surface area contributed by atoms with E-state index in [9.17, 15) is 9.59 Å². The number of aromatic nitrogens is 2. The van der Waals surface area contributed by atoms with E-state index in [1.807, 2.05) is 30.3 Å². The van der Waals surface area contributed by atoms with Crippen molar-refractivity contribution in [1.29, 1.82) is 0 Å². The number of para-hydroxylation sites is 1. The number of hydrogen-bond acceptors (Lipinski definition) is 4. The van der Waals surface area contributed by atoms with E-state index < -0.39 is 5.97 Å². The van der Waals surface area contributed by atoms with Gasteiger partial charge in [0.25, 0.3) is 5.91 Å². The summed E-state index contributed by atoms with van der Waals surface area (Å²) in [5.41, 5.74) is 1.40. The molecule has 1 aromatic carbocycles. The van der Waals surface area contributed by atoms with Gasteiger partial charge in [-0.05, 0) is 37.3 Å². The molecule has 2 heterocycles. The van der Waals surface area contributed by atoms with Crippen molar-refractivity contribution in [2.75, 3.05) is 19.7 Å². The number of likely N-dealkylation sites (tertiary alicyclic amines) is 1. The lowest BCUT2D eigenvalue weighted by molar-refractivity contribution is -0.137. The van der Waals surface area contributed by atoms with Crippen LogP contribution in [0.4, 0.5) is 0 Å². The number of piperidine rings is 1. The number of benzene rings is 1. The topological polar surface area (TPSA) is 64.4 Å². The summed E-state index contributed by atoms with van der Waals surface area (Å²) in [6, 6.07) is 9.29. The summed E-state index contributed by atoms with van der Waals surface area (Å²) < 4.78 is 6.75. The van der Waals surface area contributed by atoms with Crippen LogP contribution in [0.15, 0.2) is 30.3 Å². The Kier molecular flexibility index (Phi) is 5.85. The van der Waals surface area contributed by atoms with E-state index in [1.54, 1.807) is 11.8 Å². The number of esters is 1. The van der Waals surface area contributed by atoms with Gasteiger partial charge in [0.05, 0.1) is 11.4 Å². The van der Waals surface area contributed by atoms with E-state index in [2.05, 4.69) is 18.9 Å². The third-order valence-electron chi connectivity index (χ3n) is 4.76. The van der Waals surface area contributed by atoms with Crippen LogP contribution >= 0.6 is 11.6 Å². The van der Waals surface area contributed by atoms with Crippen LogP contribution < -0.4 is 0 Å². The second-order valence-corrected chi connectivity index (χ2v) is 7.68. The second-order valence-electron chi connectivity index (χ2n) is 7.32. The van der Waals surface area contributed by atoms with E-state index in [0.717, 1.165) is 12.1 Å². The predicted molar refractivity (Wildman–Crippen MR) is 103 cm³/mol. The van der Waals surface area contributed by atoms with E-state index in [0.29, 0.717) is 30.6 Å². The Morgan fingerprint density at radius 3 is 2.44 bits per heavy atom. The molecule has 6 nitrogen and oxygen atoms in total. The van der Waals surface area contributed by atoms with Crippen molar-refractivity contribution >= 4 is 23.5 Å². The molecule has 1 saturated heterocycles. The Morgan fingerprint density at radius 1 is 1.19 bits per heavy atom. The monoisotopic (exact) mass is 389 g/mol. The Labute approximate surface area is 164 Å². The van der Waals surface area contributed by atoms with Crippen LogP contribution in [0.2, 0.25) is 5.15 Å². The van der Waals surface area contributed by atoms with Crippen LogP contribution in [0, 0.1) is 18.8 Å². The van der Waals surface area contributed by atoms with E-state index in [1.165, 1.54) is 4.68 Å². The summed E-state index contributed by atoms with van der Waals surface area (Å²) in [7, 11) is 0. The summed E-state index contributed by atoms with van der Waals surface area (Å²) >= 11 is 6.37. The van der Waals surface area contributed by atoms with Gasteiger partial charge in [-0.3, -0.25) is 4.79 Å². The second kappa shape index (κ2) is 8.13. The highest BCUT2D eigenvalue weighted by Gasteiger charge is 2.27. The summed E-state index contributed by atoms with van der Waals surface area (Å²) in [6.45, 7) is 7.06. The van der Waals surface area contributed by atoms with Gasteiger partial charge in [-0.15, -0.1) is 0 Å². The Balaban J connectivity index is 1.68. The van der Waals surface area contributed by atoms with Gasteiger partial charge in [0.15, 0.2) is 6.61 Å². The molecule has 0 saturated carbocycles. The van der Waals surface area contributed by atoms with Gasteiger partial charge >= 0.3 is 5.97 Å². The number of rotatable bonds is 4. The van der Waals surface area contributed by atoms with Gasteiger partial charge in [-0.2, -0.15) is 5.10 Å². The SMILES string of the molecule is Cc1nn(-c2ccccc2)c(Cl)c1C(=O)OCC(=O)N1C[C@H](C)C[C@@H](C)C1. The number of halogens is 1. The molecule has 1 aromatic heterocycles. The highest BCUT2D eigenvalue weighted by atomic mass is 35.5.